The number of benzene rings is 1. The second kappa shape index (κ2) is 10.5. The number of hydrogen-bond acceptors (Lipinski definition) is 9. The summed E-state index contributed by atoms with van der Waals surface area (Å²) in [5.74, 6) is 0. The molecule has 1 aromatic carbocycles. The van der Waals surface area contributed by atoms with Crippen molar-refractivity contribution in [1.82, 2.24) is 0 Å². The van der Waals surface area contributed by atoms with E-state index in [1.807, 2.05) is 0 Å². The zero-order chi connectivity index (χ0) is 19.7. The summed E-state index contributed by atoms with van der Waals surface area (Å²) < 4.78 is 0. The van der Waals surface area contributed by atoms with Gasteiger partial charge in [0.2, 0.25) is 0 Å². The first kappa shape index (κ1) is 21.5. The first-order valence-electron chi connectivity index (χ1n) is 7.82. The molecule has 0 aliphatic carbocycles. The Bertz CT molecular complexity index is 615. The molecule has 146 valence electrons. The molecule has 1 rings (SSSR count). The monoisotopic (exact) mass is 374 g/mol. The molecule has 0 bridgehead atoms. The van der Waals surface area contributed by atoms with Gasteiger partial charge in [0.1, 0.15) is 17.9 Å². The summed E-state index contributed by atoms with van der Waals surface area (Å²) in [6, 6.07) is 3.51. The van der Waals surface area contributed by atoms with Crippen LogP contribution in [0, 0.1) is 20.2 Å². The minimum Gasteiger partial charge on any atom is -0.396 e. The summed E-state index contributed by atoms with van der Waals surface area (Å²) in [5.41, 5.74) is -0.503. The topological polar surface area (TPSA) is 182 Å². The number of anilines is 2. The van der Waals surface area contributed by atoms with Crippen molar-refractivity contribution < 1.29 is 30.4 Å². The van der Waals surface area contributed by atoms with E-state index in [1.165, 1.54) is 12.1 Å². The quantitative estimate of drug-likeness (QED) is 0.236. The highest BCUT2D eigenvalue weighted by Crippen LogP contribution is 2.30. The molecule has 2 unspecified atom stereocenters. The second-order valence-corrected chi connectivity index (χ2v) is 5.49. The van der Waals surface area contributed by atoms with E-state index in [0.717, 1.165) is 6.07 Å². The van der Waals surface area contributed by atoms with Gasteiger partial charge >= 0.3 is 0 Å². The fourth-order valence-corrected chi connectivity index (χ4v) is 2.17. The van der Waals surface area contributed by atoms with Gasteiger partial charge in [-0.1, -0.05) is 5.01 Å². The predicted octanol–water partition coefficient (Wildman–Crippen LogP) is -0.509. The lowest BCUT2D eigenvalue weighted by Crippen LogP contribution is -2.37. The van der Waals surface area contributed by atoms with Crippen LogP contribution in [0.2, 0.25) is 0 Å². The van der Waals surface area contributed by atoms with Gasteiger partial charge < -0.3 is 25.7 Å². The smallest absolute Gasteiger partial charge is 0.294 e. The van der Waals surface area contributed by atoms with Crippen LogP contribution in [0.1, 0.15) is 12.8 Å². The molecule has 0 fully saturated rings. The van der Waals surface area contributed by atoms with Gasteiger partial charge in [0.05, 0.1) is 17.1 Å². The standard InChI is InChI=1S/C14H22N4O8/c19-5-3-11(21)8-15-13-2-1-10(7-14(13)17(23)24)16(18(25)26)9-12(22)4-6-20/h1-2,7,11-12,15,19-22H,3-6,8-9H2. The number of nitrogens with one attached hydrogen (secondary N) is 1. The van der Waals surface area contributed by atoms with Crippen LogP contribution in [0.25, 0.3) is 0 Å². The number of nitro groups is 2. The van der Waals surface area contributed by atoms with Crippen molar-refractivity contribution in [2.45, 2.75) is 25.0 Å². The third-order valence-electron chi connectivity index (χ3n) is 3.51. The summed E-state index contributed by atoms with van der Waals surface area (Å²) in [5, 5.41) is 61.6. The van der Waals surface area contributed by atoms with Crippen LogP contribution in [0.5, 0.6) is 0 Å². The van der Waals surface area contributed by atoms with E-state index in [9.17, 15) is 30.4 Å². The Morgan fingerprint density at radius 3 is 2.23 bits per heavy atom. The number of nitro benzene ring substituents is 1. The third kappa shape index (κ3) is 6.40. The van der Waals surface area contributed by atoms with Gasteiger partial charge in [0.15, 0.2) is 5.03 Å². The molecular weight excluding hydrogens is 352 g/mol. The fourth-order valence-electron chi connectivity index (χ4n) is 2.17. The maximum atomic E-state index is 11.3. The van der Waals surface area contributed by atoms with Gasteiger partial charge in [-0.3, -0.25) is 10.1 Å². The number of hydrazine groups is 1. The minimum absolute atomic E-state index is 0.0467. The Labute approximate surface area is 148 Å². The van der Waals surface area contributed by atoms with E-state index < -0.39 is 34.4 Å². The second-order valence-electron chi connectivity index (χ2n) is 5.49. The van der Waals surface area contributed by atoms with Crippen LogP contribution in [-0.2, 0) is 0 Å². The van der Waals surface area contributed by atoms with Crippen molar-refractivity contribution in [3.05, 3.63) is 38.4 Å². The molecule has 2 atom stereocenters. The molecule has 0 spiro atoms. The van der Waals surface area contributed by atoms with Gasteiger partial charge in [-0.05, 0) is 25.0 Å². The van der Waals surface area contributed by atoms with E-state index in [-0.39, 0.29) is 44.0 Å². The third-order valence-corrected chi connectivity index (χ3v) is 3.51. The van der Waals surface area contributed by atoms with Crippen LogP contribution in [-0.4, -0.2) is 68.9 Å². The van der Waals surface area contributed by atoms with Crippen LogP contribution >= 0.6 is 0 Å². The van der Waals surface area contributed by atoms with Crippen molar-refractivity contribution in [1.29, 1.82) is 0 Å². The van der Waals surface area contributed by atoms with Gasteiger partial charge in [0, 0.05) is 25.8 Å². The molecule has 1 aromatic rings. The van der Waals surface area contributed by atoms with Crippen molar-refractivity contribution in [2.75, 3.05) is 36.6 Å². The van der Waals surface area contributed by atoms with Crippen LogP contribution < -0.4 is 10.3 Å². The Kier molecular flexibility index (Phi) is 8.64. The molecule has 5 N–H and O–H groups in total. The number of aliphatic hydroxyl groups is 4. The fraction of sp³-hybridized carbons (Fsp3) is 0.571. The molecule has 0 aromatic heterocycles. The SMILES string of the molecule is O=[N+]([O-])c1cc(N(CC(O)CCO)[N+](=O)[O-])ccc1NCC(O)CCO. The van der Waals surface area contributed by atoms with Crippen molar-refractivity contribution in [3.63, 3.8) is 0 Å². The van der Waals surface area contributed by atoms with Crippen LogP contribution in [0.4, 0.5) is 17.1 Å². The maximum Gasteiger partial charge on any atom is 0.294 e. The Morgan fingerprint density at radius 1 is 1.08 bits per heavy atom. The highest BCUT2D eigenvalue weighted by molar-refractivity contribution is 5.68. The van der Waals surface area contributed by atoms with Gasteiger partial charge in [-0.15, -0.1) is 0 Å². The maximum absolute atomic E-state index is 11.3. The minimum atomic E-state index is -1.18. The average molecular weight is 374 g/mol. The largest absolute Gasteiger partial charge is 0.396 e. The van der Waals surface area contributed by atoms with E-state index in [0.29, 0.717) is 5.01 Å². The number of hydrogen-bond donors (Lipinski definition) is 5. The summed E-state index contributed by atoms with van der Waals surface area (Å²) in [6.07, 6.45) is -2.08. The Morgan fingerprint density at radius 2 is 1.69 bits per heavy atom. The number of nitrogens with zero attached hydrogens (tertiary/aromatic N) is 3. The zero-order valence-corrected chi connectivity index (χ0v) is 13.9. The lowest BCUT2D eigenvalue weighted by molar-refractivity contribution is -0.496. The molecule has 26 heavy (non-hydrogen) atoms. The molecule has 0 saturated heterocycles. The summed E-state index contributed by atoms with van der Waals surface area (Å²) in [7, 11) is 0. The zero-order valence-electron chi connectivity index (χ0n) is 13.9. The lowest BCUT2D eigenvalue weighted by Gasteiger charge is -2.18. The first-order chi connectivity index (χ1) is 12.3. The van der Waals surface area contributed by atoms with E-state index in [2.05, 4.69) is 5.32 Å². The normalized spacial score (nSPS) is 13.1. The van der Waals surface area contributed by atoms with Gasteiger partial charge in [-0.2, -0.15) is 0 Å². The average Bonchev–Trinajstić information content (AvgIpc) is 2.58. The molecule has 0 heterocycles. The molecule has 0 aliphatic rings. The van der Waals surface area contributed by atoms with E-state index in [1.54, 1.807) is 0 Å². The molecule has 0 aliphatic heterocycles. The summed E-state index contributed by atoms with van der Waals surface area (Å²) in [4.78, 5) is 21.7. The molecule has 0 radical (unpaired) electrons. The number of rotatable bonds is 12. The summed E-state index contributed by atoms with van der Waals surface area (Å²) in [6.45, 7) is -1.09. The van der Waals surface area contributed by atoms with Crippen molar-refractivity contribution in [2.24, 2.45) is 0 Å². The van der Waals surface area contributed by atoms with E-state index >= 15 is 0 Å². The van der Waals surface area contributed by atoms with Crippen LogP contribution in [0.15, 0.2) is 18.2 Å². The van der Waals surface area contributed by atoms with E-state index in [4.69, 9.17) is 10.2 Å². The lowest BCUT2D eigenvalue weighted by atomic mass is 10.2. The Balaban J connectivity index is 3.03. The molecule has 0 amide bonds. The van der Waals surface area contributed by atoms with Crippen molar-refractivity contribution in [3.8, 4) is 0 Å². The Hall–Kier alpha value is -2.54. The molecule has 0 saturated carbocycles. The summed E-state index contributed by atoms with van der Waals surface area (Å²) >= 11 is 0. The van der Waals surface area contributed by atoms with Crippen LogP contribution in [0.3, 0.4) is 0 Å². The van der Waals surface area contributed by atoms with Crippen molar-refractivity contribution >= 4 is 17.1 Å². The van der Waals surface area contributed by atoms with Gasteiger partial charge in [0.25, 0.3) is 5.69 Å². The highest BCUT2D eigenvalue weighted by atomic mass is 16.7. The first-order valence-corrected chi connectivity index (χ1v) is 7.82. The highest BCUT2D eigenvalue weighted by Gasteiger charge is 2.25. The molecular formula is C14H22N4O8. The molecule has 12 nitrogen and oxygen atoms in total. The van der Waals surface area contributed by atoms with Gasteiger partial charge in [-0.25, -0.2) is 10.1 Å². The predicted molar refractivity (Wildman–Crippen MR) is 91.3 cm³/mol. The molecule has 12 heteroatoms. The number of aliphatic hydroxyl groups excluding tert-OH is 4.